The van der Waals surface area contributed by atoms with Crippen LogP contribution in [0.2, 0.25) is 0 Å². The average Bonchev–Trinajstić information content (AvgIpc) is 2.18. The number of carboxylic acids is 1. The normalized spacial score (nSPS) is 12.1. The van der Waals surface area contributed by atoms with Crippen molar-refractivity contribution in [3.8, 4) is 0 Å². The largest absolute Gasteiger partial charge is 0.480 e. The predicted octanol–water partition coefficient (Wildman–Crippen LogP) is 0.254. The van der Waals surface area contributed by atoms with E-state index in [4.69, 9.17) is 16.6 Å². The number of hydrogen-bond acceptors (Lipinski definition) is 4. The van der Waals surface area contributed by atoms with Crippen molar-refractivity contribution in [3.05, 3.63) is 29.8 Å². The lowest BCUT2D eigenvalue weighted by Gasteiger charge is -2.07. The molecule has 15 heavy (non-hydrogen) atoms. The first-order valence-corrected chi connectivity index (χ1v) is 4.38. The van der Waals surface area contributed by atoms with Crippen molar-refractivity contribution in [2.45, 2.75) is 12.5 Å². The summed E-state index contributed by atoms with van der Waals surface area (Å²) in [4.78, 5) is 22.0. The van der Waals surface area contributed by atoms with Crippen molar-refractivity contribution in [2.24, 2.45) is 5.73 Å². The lowest BCUT2D eigenvalue weighted by Crippen LogP contribution is -2.32. The van der Waals surface area contributed by atoms with Crippen LogP contribution in [0.3, 0.4) is 0 Å². The van der Waals surface area contributed by atoms with Crippen LogP contribution in [0, 0.1) is 0 Å². The fourth-order valence-corrected chi connectivity index (χ4v) is 1.15. The molecular weight excluding hydrogens is 196 g/mol. The van der Waals surface area contributed by atoms with Gasteiger partial charge in [-0.3, -0.25) is 9.59 Å². The number of para-hydroxylation sites is 1. The number of carbonyl (C=O) groups excluding carboxylic acids is 1. The first-order chi connectivity index (χ1) is 7.02. The van der Waals surface area contributed by atoms with E-state index in [0.717, 1.165) is 0 Å². The SMILES string of the molecule is Nc1ccccc1C(=O)C[C@@H](N)C(=O)O. The number of aliphatic carboxylic acids is 1. The molecule has 0 bridgehead atoms. The van der Waals surface area contributed by atoms with Gasteiger partial charge in [0.1, 0.15) is 6.04 Å². The number of carboxylic acid groups (broad SMARTS) is 1. The van der Waals surface area contributed by atoms with Gasteiger partial charge in [0.2, 0.25) is 0 Å². The van der Waals surface area contributed by atoms with Gasteiger partial charge in [-0.1, -0.05) is 12.1 Å². The van der Waals surface area contributed by atoms with Crippen molar-refractivity contribution in [3.63, 3.8) is 0 Å². The molecule has 0 fully saturated rings. The Morgan fingerprint density at radius 2 is 1.93 bits per heavy atom. The summed E-state index contributed by atoms with van der Waals surface area (Å²) in [6.07, 6.45) is -0.246. The minimum absolute atomic E-state index is 0.246. The molecule has 1 aromatic rings. The summed E-state index contributed by atoms with van der Waals surface area (Å²) < 4.78 is 0. The molecule has 0 heterocycles. The fourth-order valence-electron chi connectivity index (χ4n) is 1.15. The topological polar surface area (TPSA) is 106 Å². The molecule has 1 rings (SSSR count). The van der Waals surface area contributed by atoms with Crippen LogP contribution in [-0.2, 0) is 4.79 Å². The molecule has 5 nitrogen and oxygen atoms in total. The van der Waals surface area contributed by atoms with Gasteiger partial charge in [-0.15, -0.1) is 0 Å². The molecule has 0 aliphatic heterocycles. The minimum Gasteiger partial charge on any atom is -0.480 e. The second-order valence-electron chi connectivity index (χ2n) is 3.16. The summed E-state index contributed by atoms with van der Waals surface area (Å²) in [5.74, 6) is -1.55. The van der Waals surface area contributed by atoms with Crippen LogP contribution < -0.4 is 11.5 Å². The van der Waals surface area contributed by atoms with E-state index in [1.807, 2.05) is 0 Å². The molecule has 1 aromatic carbocycles. The Morgan fingerprint density at radius 1 is 1.33 bits per heavy atom. The van der Waals surface area contributed by atoms with Crippen LogP contribution in [0.4, 0.5) is 5.69 Å². The summed E-state index contributed by atoms with van der Waals surface area (Å²) in [6, 6.07) is 5.31. The predicted molar refractivity (Wildman–Crippen MR) is 55.4 cm³/mol. The van der Waals surface area contributed by atoms with Crippen LogP contribution in [0.25, 0.3) is 0 Å². The molecule has 5 heteroatoms. The van der Waals surface area contributed by atoms with Crippen molar-refractivity contribution in [1.29, 1.82) is 0 Å². The summed E-state index contributed by atoms with van der Waals surface area (Å²) in [6.45, 7) is 0. The molecule has 1 atom stereocenters. The Balaban J connectivity index is 2.78. The van der Waals surface area contributed by atoms with Gasteiger partial charge in [-0.25, -0.2) is 0 Å². The highest BCUT2D eigenvalue weighted by Crippen LogP contribution is 2.13. The van der Waals surface area contributed by atoms with Gasteiger partial charge < -0.3 is 16.6 Å². The molecule has 0 radical (unpaired) electrons. The lowest BCUT2D eigenvalue weighted by molar-refractivity contribution is -0.138. The van der Waals surface area contributed by atoms with Crippen LogP contribution in [0.15, 0.2) is 24.3 Å². The number of nitrogen functional groups attached to an aromatic ring is 1. The molecule has 5 N–H and O–H groups in total. The van der Waals surface area contributed by atoms with Gasteiger partial charge in [-0.05, 0) is 12.1 Å². The molecular formula is C10H12N2O3. The number of anilines is 1. The molecule has 0 unspecified atom stereocenters. The number of benzene rings is 1. The highest BCUT2D eigenvalue weighted by Gasteiger charge is 2.18. The number of hydrogen-bond donors (Lipinski definition) is 3. The molecule has 0 saturated carbocycles. The van der Waals surface area contributed by atoms with Crippen molar-refractivity contribution >= 4 is 17.4 Å². The summed E-state index contributed by atoms with van der Waals surface area (Å²) in [5, 5.41) is 8.54. The molecule has 0 amide bonds. The van der Waals surface area contributed by atoms with Gasteiger partial charge in [0.05, 0.1) is 0 Å². The Morgan fingerprint density at radius 3 is 2.47 bits per heavy atom. The van der Waals surface area contributed by atoms with Gasteiger partial charge in [0, 0.05) is 17.7 Å². The summed E-state index contributed by atoms with van der Waals surface area (Å²) in [7, 11) is 0. The van der Waals surface area contributed by atoms with E-state index in [-0.39, 0.29) is 12.2 Å². The Hall–Kier alpha value is -1.88. The maximum atomic E-state index is 11.6. The first kappa shape index (κ1) is 11.2. The highest BCUT2D eigenvalue weighted by atomic mass is 16.4. The lowest BCUT2D eigenvalue weighted by atomic mass is 10.0. The molecule has 80 valence electrons. The van der Waals surface area contributed by atoms with Crippen LogP contribution in [-0.4, -0.2) is 22.9 Å². The zero-order valence-corrected chi connectivity index (χ0v) is 8.01. The molecule has 0 saturated heterocycles. The molecule has 0 spiro atoms. The van der Waals surface area contributed by atoms with E-state index >= 15 is 0 Å². The third kappa shape index (κ3) is 2.78. The van der Waals surface area contributed by atoms with Crippen LogP contribution in [0.1, 0.15) is 16.8 Å². The van der Waals surface area contributed by atoms with Gasteiger partial charge in [0.15, 0.2) is 5.78 Å². The Labute approximate surface area is 86.7 Å². The van der Waals surface area contributed by atoms with Crippen molar-refractivity contribution < 1.29 is 14.7 Å². The zero-order chi connectivity index (χ0) is 11.4. The molecule has 0 aliphatic carbocycles. The standard InChI is InChI=1S/C10H12N2O3/c11-7-4-2-1-3-6(7)9(13)5-8(12)10(14)15/h1-4,8H,5,11-12H2,(H,14,15)/t8-/m1/s1. The summed E-state index contributed by atoms with van der Waals surface area (Å²) >= 11 is 0. The van der Waals surface area contributed by atoms with Crippen molar-refractivity contribution in [1.82, 2.24) is 0 Å². The molecule has 0 aromatic heterocycles. The second kappa shape index (κ2) is 4.56. The maximum Gasteiger partial charge on any atom is 0.320 e. The molecule has 0 aliphatic rings. The number of carbonyl (C=O) groups is 2. The highest BCUT2D eigenvalue weighted by molar-refractivity contribution is 6.02. The van der Waals surface area contributed by atoms with E-state index in [9.17, 15) is 9.59 Å². The number of ketones is 1. The fraction of sp³-hybridized carbons (Fsp3) is 0.200. The second-order valence-corrected chi connectivity index (χ2v) is 3.16. The van der Waals surface area contributed by atoms with E-state index in [0.29, 0.717) is 11.3 Å². The number of rotatable bonds is 4. The number of Topliss-reactive ketones (excluding diaryl/α,β-unsaturated/α-hetero) is 1. The van der Waals surface area contributed by atoms with Crippen molar-refractivity contribution in [2.75, 3.05) is 5.73 Å². The quantitative estimate of drug-likeness (QED) is 0.486. The third-order valence-electron chi connectivity index (χ3n) is 1.98. The van der Waals surface area contributed by atoms with Gasteiger partial charge >= 0.3 is 5.97 Å². The monoisotopic (exact) mass is 208 g/mol. The number of nitrogens with two attached hydrogens (primary N) is 2. The van der Waals surface area contributed by atoms with E-state index in [1.165, 1.54) is 0 Å². The van der Waals surface area contributed by atoms with Gasteiger partial charge in [0.25, 0.3) is 0 Å². The Kier molecular flexibility index (Phi) is 3.41. The Bertz CT molecular complexity index is 390. The van der Waals surface area contributed by atoms with Crippen LogP contribution >= 0.6 is 0 Å². The first-order valence-electron chi connectivity index (χ1n) is 4.38. The van der Waals surface area contributed by atoms with E-state index in [1.54, 1.807) is 24.3 Å². The minimum atomic E-state index is -1.20. The van der Waals surface area contributed by atoms with Crippen LogP contribution in [0.5, 0.6) is 0 Å². The van der Waals surface area contributed by atoms with E-state index < -0.39 is 12.0 Å². The maximum absolute atomic E-state index is 11.6. The van der Waals surface area contributed by atoms with Gasteiger partial charge in [-0.2, -0.15) is 0 Å². The smallest absolute Gasteiger partial charge is 0.320 e. The van der Waals surface area contributed by atoms with E-state index in [2.05, 4.69) is 0 Å². The summed E-state index contributed by atoms with van der Waals surface area (Å²) in [5.41, 5.74) is 11.5. The zero-order valence-electron chi connectivity index (χ0n) is 8.01. The third-order valence-corrected chi connectivity index (χ3v) is 1.98. The average molecular weight is 208 g/mol.